The van der Waals surface area contributed by atoms with Crippen molar-refractivity contribution in [1.82, 2.24) is 15.1 Å². The minimum atomic E-state index is -3.02. The molecule has 1 N–H and O–H groups in total. The standard InChI is InChI=1S/C11H20ClN3O2S/c1-5-15-10(11(12)8(2)14-15)6-9(13-3)7-18(4,16)17/h9,13H,5-7H2,1-4H3. The Kier molecular flexibility index (Phi) is 5.19. The van der Waals surface area contributed by atoms with Gasteiger partial charge in [0.25, 0.3) is 0 Å². The maximum Gasteiger partial charge on any atom is 0.148 e. The van der Waals surface area contributed by atoms with Crippen molar-refractivity contribution >= 4 is 21.4 Å². The third-order valence-corrected chi connectivity index (χ3v) is 4.30. The van der Waals surface area contributed by atoms with Crippen LogP contribution in [0.3, 0.4) is 0 Å². The Morgan fingerprint density at radius 3 is 2.56 bits per heavy atom. The van der Waals surface area contributed by atoms with E-state index in [1.54, 1.807) is 7.05 Å². The molecule has 0 saturated carbocycles. The molecule has 0 radical (unpaired) electrons. The van der Waals surface area contributed by atoms with E-state index in [1.807, 2.05) is 18.5 Å². The van der Waals surface area contributed by atoms with Gasteiger partial charge >= 0.3 is 0 Å². The molecule has 1 unspecified atom stereocenters. The Bertz CT molecular complexity index is 511. The van der Waals surface area contributed by atoms with E-state index in [2.05, 4.69) is 10.4 Å². The number of hydrogen-bond acceptors (Lipinski definition) is 4. The summed E-state index contributed by atoms with van der Waals surface area (Å²) in [5.74, 6) is 0.0910. The fourth-order valence-electron chi connectivity index (χ4n) is 1.91. The second-order valence-corrected chi connectivity index (χ2v) is 7.01. The molecule has 1 rings (SSSR count). The molecule has 0 spiro atoms. The zero-order valence-electron chi connectivity index (χ0n) is 11.2. The molecule has 1 atom stereocenters. The summed E-state index contributed by atoms with van der Waals surface area (Å²) < 4.78 is 24.5. The van der Waals surface area contributed by atoms with Crippen molar-refractivity contribution < 1.29 is 8.42 Å². The van der Waals surface area contributed by atoms with Gasteiger partial charge in [0, 0.05) is 25.3 Å². The molecule has 0 aromatic carbocycles. The number of likely N-dealkylation sites (N-methyl/N-ethyl adjacent to an activating group) is 1. The molecule has 0 aliphatic heterocycles. The first-order chi connectivity index (χ1) is 8.28. The summed E-state index contributed by atoms with van der Waals surface area (Å²) in [5.41, 5.74) is 1.67. The SMILES string of the molecule is CCn1nc(C)c(Cl)c1CC(CS(C)(=O)=O)NC. The average molecular weight is 294 g/mol. The van der Waals surface area contributed by atoms with Crippen molar-refractivity contribution in [3.8, 4) is 0 Å². The van der Waals surface area contributed by atoms with Crippen LogP contribution in [-0.4, -0.2) is 43.3 Å². The first-order valence-electron chi connectivity index (χ1n) is 5.85. The maximum absolute atomic E-state index is 11.3. The highest BCUT2D eigenvalue weighted by Crippen LogP contribution is 2.21. The summed E-state index contributed by atoms with van der Waals surface area (Å²) in [4.78, 5) is 0. The van der Waals surface area contributed by atoms with Crippen LogP contribution in [0.15, 0.2) is 0 Å². The van der Waals surface area contributed by atoms with E-state index in [4.69, 9.17) is 11.6 Å². The van der Waals surface area contributed by atoms with Crippen molar-refractivity contribution in [2.45, 2.75) is 32.9 Å². The summed E-state index contributed by atoms with van der Waals surface area (Å²) in [6, 6.07) is -0.154. The van der Waals surface area contributed by atoms with Crippen LogP contribution in [0.2, 0.25) is 5.02 Å². The van der Waals surface area contributed by atoms with Gasteiger partial charge in [-0.2, -0.15) is 5.10 Å². The highest BCUT2D eigenvalue weighted by atomic mass is 35.5. The molecule has 18 heavy (non-hydrogen) atoms. The molecule has 0 bridgehead atoms. The summed E-state index contributed by atoms with van der Waals surface area (Å²) in [5, 5.41) is 7.97. The van der Waals surface area contributed by atoms with Crippen LogP contribution in [0.1, 0.15) is 18.3 Å². The maximum atomic E-state index is 11.3. The number of hydrogen-bond donors (Lipinski definition) is 1. The van der Waals surface area contributed by atoms with E-state index < -0.39 is 9.84 Å². The van der Waals surface area contributed by atoms with E-state index in [0.29, 0.717) is 11.4 Å². The van der Waals surface area contributed by atoms with E-state index >= 15 is 0 Å². The molecule has 0 aliphatic rings. The molecule has 1 aromatic rings. The highest BCUT2D eigenvalue weighted by molar-refractivity contribution is 7.90. The van der Waals surface area contributed by atoms with Crippen LogP contribution in [0.4, 0.5) is 0 Å². The largest absolute Gasteiger partial charge is 0.316 e. The Balaban J connectivity index is 2.94. The summed E-state index contributed by atoms with van der Waals surface area (Å²) >= 11 is 6.20. The van der Waals surface area contributed by atoms with Gasteiger partial charge in [-0.15, -0.1) is 0 Å². The lowest BCUT2D eigenvalue weighted by molar-refractivity contribution is 0.539. The Labute approximate surface area is 113 Å². The number of halogens is 1. The second kappa shape index (κ2) is 6.04. The summed E-state index contributed by atoms with van der Waals surface area (Å²) in [6.45, 7) is 4.55. The van der Waals surface area contributed by atoms with Gasteiger partial charge in [0.05, 0.1) is 22.2 Å². The highest BCUT2D eigenvalue weighted by Gasteiger charge is 2.19. The number of aryl methyl sites for hydroxylation is 2. The topological polar surface area (TPSA) is 64.0 Å². The van der Waals surface area contributed by atoms with Crippen molar-refractivity contribution in [2.75, 3.05) is 19.1 Å². The third-order valence-electron chi connectivity index (χ3n) is 2.80. The first kappa shape index (κ1) is 15.5. The molecule has 0 aliphatic carbocycles. The van der Waals surface area contributed by atoms with Crippen LogP contribution >= 0.6 is 11.6 Å². The Morgan fingerprint density at radius 2 is 2.11 bits per heavy atom. The van der Waals surface area contributed by atoms with Gasteiger partial charge < -0.3 is 5.32 Å². The fraction of sp³-hybridized carbons (Fsp3) is 0.727. The molecule has 1 heterocycles. The van der Waals surface area contributed by atoms with Crippen LogP contribution in [0, 0.1) is 6.92 Å². The quantitative estimate of drug-likeness (QED) is 0.851. The van der Waals surface area contributed by atoms with Crippen molar-refractivity contribution in [2.24, 2.45) is 0 Å². The predicted molar refractivity (Wildman–Crippen MR) is 73.9 cm³/mol. The Hall–Kier alpha value is -0.590. The van der Waals surface area contributed by atoms with Gasteiger partial charge in [-0.05, 0) is 20.9 Å². The van der Waals surface area contributed by atoms with Crippen LogP contribution in [0.5, 0.6) is 0 Å². The number of aromatic nitrogens is 2. The molecule has 7 heteroatoms. The van der Waals surface area contributed by atoms with Gasteiger partial charge in [0.1, 0.15) is 9.84 Å². The number of rotatable bonds is 6. The van der Waals surface area contributed by atoms with E-state index in [1.165, 1.54) is 6.26 Å². The van der Waals surface area contributed by atoms with E-state index in [9.17, 15) is 8.42 Å². The van der Waals surface area contributed by atoms with Crippen LogP contribution in [0.25, 0.3) is 0 Å². The van der Waals surface area contributed by atoms with Gasteiger partial charge in [0.2, 0.25) is 0 Å². The molecular weight excluding hydrogens is 274 g/mol. The molecular formula is C11H20ClN3O2S. The molecule has 104 valence electrons. The summed E-state index contributed by atoms with van der Waals surface area (Å²) in [7, 11) is -1.26. The smallest absolute Gasteiger partial charge is 0.148 e. The Morgan fingerprint density at radius 1 is 1.50 bits per heavy atom. The number of nitrogens with zero attached hydrogens (tertiary/aromatic N) is 2. The van der Waals surface area contributed by atoms with Crippen molar-refractivity contribution in [3.63, 3.8) is 0 Å². The molecule has 1 aromatic heterocycles. The fourth-order valence-corrected chi connectivity index (χ4v) is 3.14. The van der Waals surface area contributed by atoms with E-state index in [0.717, 1.165) is 17.9 Å². The average Bonchev–Trinajstić information content (AvgIpc) is 2.53. The van der Waals surface area contributed by atoms with Crippen LogP contribution in [-0.2, 0) is 22.8 Å². The van der Waals surface area contributed by atoms with Crippen molar-refractivity contribution in [1.29, 1.82) is 0 Å². The molecule has 0 saturated heterocycles. The van der Waals surface area contributed by atoms with Crippen molar-refractivity contribution in [3.05, 3.63) is 16.4 Å². The minimum Gasteiger partial charge on any atom is -0.316 e. The number of nitrogens with one attached hydrogen (secondary N) is 1. The molecule has 0 fully saturated rings. The lowest BCUT2D eigenvalue weighted by Gasteiger charge is -2.16. The van der Waals surface area contributed by atoms with Gasteiger partial charge in [-0.3, -0.25) is 4.68 Å². The lowest BCUT2D eigenvalue weighted by atomic mass is 10.1. The van der Waals surface area contributed by atoms with Crippen LogP contribution < -0.4 is 5.32 Å². The van der Waals surface area contributed by atoms with E-state index in [-0.39, 0.29) is 11.8 Å². The monoisotopic (exact) mass is 293 g/mol. The normalized spacial score (nSPS) is 13.8. The minimum absolute atomic E-state index is 0.0910. The molecule has 0 amide bonds. The number of sulfone groups is 1. The van der Waals surface area contributed by atoms with Gasteiger partial charge in [-0.1, -0.05) is 11.6 Å². The molecule has 5 nitrogen and oxygen atoms in total. The third kappa shape index (κ3) is 3.96. The first-order valence-corrected chi connectivity index (χ1v) is 8.29. The van der Waals surface area contributed by atoms with Gasteiger partial charge in [0.15, 0.2) is 0 Å². The van der Waals surface area contributed by atoms with Gasteiger partial charge in [-0.25, -0.2) is 8.42 Å². The zero-order chi connectivity index (χ0) is 13.9. The summed E-state index contributed by atoms with van der Waals surface area (Å²) in [6.07, 6.45) is 1.79. The zero-order valence-corrected chi connectivity index (χ0v) is 12.8. The predicted octanol–water partition coefficient (Wildman–Crippen LogP) is 1.04. The second-order valence-electron chi connectivity index (χ2n) is 4.44. The lowest BCUT2D eigenvalue weighted by Crippen LogP contribution is -2.35.